The first-order valence-corrected chi connectivity index (χ1v) is 8.45. The van der Waals surface area contributed by atoms with Gasteiger partial charge in [-0.05, 0) is 54.8 Å². The van der Waals surface area contributed by atoms with Crippen molar-refractivity contribution in [1.82, 2.24) is 5.32 Å². The second kappa shape index (κ2) is 9.42. The van der Waals surface area contributed by atoms with E-state index in [2.05, 4.69) is 10.6 Å². The van der Waals surface area contributed by atoms with E-state index in [4.69, 9.17) is 4.74 Å². The van der Waals surface area contributed by atoms with Crippen LogP contribution in [0.4, 0.5) is 5.69 Å². The lowest BCUT2D eigenvalue weighted by Crippen LogP contribution is -2.26. The highest BCUT2D eigenvalue weighted by Gasteiger charge is 2.06. The SMILES string of the molecule is COc1ccc(C=CC(=O)NCCC(=O)Nc2cccc(C)c2C)cc1. The summed E-state index contributed by atoms with van der Waals surface area (Å²) >= 11 is 0. The summed E-state index contributed by atoms with van der Waals surface area (Å²) in [5.41, 5.74) is 3.88. The van der Waals surface area contributed by atoms with E-state index in [-0.39, 0.29) is 24.8 Å². The molecule has 2 rings (SSSR count). The second-order valence-corrected chi connectivity index (χ2v) is 5.94. The van der Waals surface area contributed by atoms with Gasteiger partial charge in [-0.15, -0.1) is 0 Å². The van der Waals surface area contributed by atoms with E-state index < -0.39 is 0 Å². The van der Waals surface area contributed by atoms with Crippen molar-refractivity contribution in [3.63, 3.8) is 0 Å². The summed E-state index contributed by atoms with van der Waals surface area (Å²) in [6, 6.07) is 13.2. The summed E-state index contributed by atoms with van der Waals surface area (Å²) in [6.45, 7) is 4.25. The van der Waals surface area contributed by atoms with Gasteiger partial charge in [-0.2, -0.15) is 0 Å². The number of rotatable bonds is 7. The minimum absolute atomic E-state index is 0.127. The molecule has 0 saturated heterocycles. The molecular weight excluding hydrogens is 328 g/mol. The third kappa shape index (κ3) is 5.77. The molecule has 0 aromatic heterocycles. The summed E-state index contributed by atoms with van der Waals surface area (Å²) in [5, 5.41) is 5.58. The van der Waals surface area contributed by atoms with E-state index in [1.807, 2.05) is 56.3 Å². The van der Waals surface area contributed by atoms with Crippen molar-refractivity contribution in [2.75, 3.05) is 19.0 Å². The maximum absolute atomic E-state index is 12.0. The molecule has 0 atom stereocenters. The molecule has 2 aromatic carbocycles. The fourth-order valence-corrected chi connectivity index (χ4v) is 2.34. The van der Waals surface area contributed by atoms with Crippen LogP contribution in [0.2, 0.25) is 0 Å². The van der Waals surface area contributed by atoms with Crippen molar-refractivity contribution in [1.29, 1.82) is 0 Å². The third-order valence-corrected chi connectivity index (χ3v) is 4.07. The smallest absolute Gasteiger partial charge is 0.244 e. The molecule has 5 heteroatoms. The van der Waals surface area contributed by atoms with Crippen LogP contribution in [0, 0.1) is 13.8 Å². The number of methoxy groups -OCH3 is 1. The monoisotopic (exact) mass is 352 g/mol. The predicted molar refractivity (Wildman–Crippen MR) is 104 cm³/mol. The summed E-state index contributed by atoms with van der Waals surface area (Å²) < 4.78 is 5.09. The van der Waals surface area contributed by atoms with E-state index in [0.29, 0.717) is 0 Å². The maximum Gasteiger partial charge on any atom is 0.244 e. The van der Waals surface area contributed by atoms with Crippen molar-refractivity contribution in [3.8, 4) is 5.75 Å². The average molecular weight is 352 g/mol. The first-order chi connectivity index (χ1) is 12.5. The lowest BCUT2D eigenvalue weighted by atomic mass is 10.1. The first kappa shape index (κ1) is 19.2. The molecule has 0 radical (unpaired) electrons. The van der Waals surface area contributed by atoms with Gasteiger partial charge < -0.3 is 15.4 Å². The van der Waals surface area contributed by atoms with Gasteiger partial charge in [0.05, 0.1) is 7.11 Å². The normalized spacial score (nSPS) is 10.6. The van der Waals surface area contributed by atoms with Gasteiger partial charge in [-0.3, -0.25) is 9.59 Å². The zero-order chi connectivity index (χ0) is 18.9. The van der Waals surface area contributed by atoms with E-state index >= 15 is 0 Å². The summed E-state index contributed by atoms with van der Waals surface area (Å²) in [6.07, 6.45) is 3.38. The molecule has 0 aliphatic heterocycles. The Kier molecular flexibility index (Phi) is 6.97. The number of hydrogen-bond acceptors (Lipinski definition) is 3. The van der Waals surface area contributed by atoms with Gasteiger partial charge in [-0.1, -0.05) is 24.3 Å². The zero-order valence-corrected chi connectivity index (χ0v) is 15.3. The highest BCUT2D eigenvalue weighted by Crippen LogP contribution is 2.18. The third-order valence-electron chi connectivity index (χ3n) is 4.07. The predicted octanol–water partition coefficient (Wildman–Crippen LogP) is 3.47. The molecule has 2 N–H and O–H groups in total. The van der Waals surface area contributed by atoms with Gasteiger partial charge in [0.2, 0.25) is 11.8 Å². The Morgan fingerprint density at radius 1 is 1.08 bits per heavy atom. The highest BCUT2D eigenvalue weighted by molar-refractivity contribution is 5.94. The summed E-state index contributed by atoms with van der Waals surface area (Å²) in [4.78, 5) is 23.8. The number of carbonyl (C=O) groups is 2. The fraction of sp³-hybridized carbons (Fsp3) is 0.238. The second-order valence-electron chi connectivity index (χ2n) is 5.94. The molecule has 2 amide bonds. The van der Waals surface area contributed by atoms with Crippen LogP contribution in [0.25, 0.3) is 6.08 Å². The average Bonchev–Trinajstić information content (AvgIpc) is 2.64. The van der Waals surface area contributed by atoms with Crippen LogP contribution in [-0.2, 0) is 9.59 Å². The number of carbonyl (C=O) groups excluding carboxylic acids is 2. The van der Waals surface area contributed by atoms with Gasteiger partial charge in [0.15, 0.2) is 0 Å². The fourth-order valence-electron chi connectivity index (χ4n) is 2.34. The molecule has 2 aromatic rings. The zero-order valence-electron chi connectivity index (χ0n) is 15.3. The van der Waals surface area contributed by atoms with Crippen molar-refractivity contribution < 1.29 is 14.3 Å². The lowest BCUT2D eigenvalue weighted by molar-refractivity contribution is -0.117. The molecular formula is C21H24N2O3. The maximum atomic E-state index is 12.0. The van der Waals surface area contributed by atoms with Crippen LogP contribution in [0.3, 0.4) is 0 Å². The molecule has 5 nitrogen and oxygen atoms in total. The molecule has 0 saturated carbocycles. The molecule has 0 fully saturated rings. The van der Waals surface area contributed by atoms with Crippen LogP contribution in [0.1, 0.15) is 23.1 Å². The number of aryl methyl sites for hydroxylation is 1. The molecule has 0 aliphatic carbocycles. The number of nitrogens with one attached hydrogen (secondary N) is 2. The van der Waals surface area contributed by atoms with Crippen LogP contribution < -0.4 is 15.4 Å². The van der Waals surface area contributed by atoms with E-state index in [1.165, 1.54) is 6.08 Å². The van der Waals surface area contributed by atoms with Gasteiger partial charge in [0.1, 0.15) is 5.75 Å². The number of benzene rings is 2. The minimum Gasteiger partial charge on any atom is -0.497 e. The van der Waals surface area contributed by atoms with Gasteiger partial charge in [0, 0.05) is 24.7 Å². The topological polar surface area (TPSA) is 67.4 Å². The molecule has 0 spiro atoms. The Bertz CT molecular complexity index is 795. The molecule has 136 valence electrons. The van der Waals surface area contributed by atoms with Gasteiger partial charge in [-0.25, -0.2) is 0 Å². The Morgan fingerprint density at radius 3 is 2.50 bits per heavy atom. The standard InChI is InChI=1S/C21H24N2O3/c1-15-5-4-6-19(16(15)2)23-21(25)13-14-22-20(24)12-9-17-7-10-18(26-3)11-8-17/h4-12H,13-14H2,1-3H3,(H,22,24)(H,23,25). The molecule has 26 heavy (non-hydrogen) atoms. The van der Waals surface area contributed by atoms with Gasteiger partial charge in [0.25, 0.3) is 0 Å². The van der Waals surface area contributed by atoms with Crippen molar-refractivity contribution >= 4 is 23.6 Å². The molecule has 0 bridgehead atoms. The van der Waals surface area contributed by atoms with Crippen molar-refractivity contribution in [2.45, 2.75) is 20.3 Å². The Balaban J connectivity index is 1.75. The van der Waals surface area contributed by atoms with Crippen LogP contribution in [-0.4, -0.2) is 25.5 Å². The highest BCUT2D eigenvalue weighted by atomic mass is 16.5. The minimum atomic E-state index is -0.236. The number of hydrogen-bond donors (Lipinski definition) is 2. The Morgan fingerprint density at radius 2 is 1.81 bits per heavy atom. The number of ether oxygens (including phenoxy) is 1. The van der Waals surface area contributed by atoms with Crippen LogP contribution >= 0.6 is 0 Å². The molecule has 0 unspecified atom stereocenters. The lowest BCUT2D eigenvalue weighted by Gasteiger charge is -2.10. The van der Waals surface area contributed by atoms with E-state index in [9.17, 15) is 9.59 Å². The van der Waals surface area contributed by atoms with Gasteiger partial charge >= 0.3 is 0 Å². The largest absolute Gasteiger partial charge is 0.497 e. The summed E-state index contributed by atoms with van der Waals surface area (Å²) in [5.74, 6) is 0.403. The van der Waals surface area contributed by atoms with Crippen molar-refractivity contribution in [3.05, 3.63) is 65.2 Å². The molecule has 0 heterocycles. The Labute approximate surface area is 154 Å². The first-order valence-electron chi connectivity index (χ1n) is 8.45. The van der Waals surface area contributed by atoms with E-state index in [1.54, 1.807) is 13.2 Å². The summed E-state index contributed by atoms with van der Waals surface area (Å²) in [7, 11) is 1.61. The van der Waals surface area contributed by atoms with Crippen LogP contribution in [0.5, 0.6) is 5.75 Å². The Hall–Kier alpha value is -3.08. The number of amides is 2. The molecule has 0 aliphatic rings. The van der Waals surface area contributed by atoms with Crippen molar-refractivity contribution in [2.24, 2.45) is 0 Å². The van der Waals surface area contributed by atoms with Crippen LogP contribution in [0.15, 0.2) is 48.5 Å². The quantitative estimate of drug-likeness (QED) is 0.750. The van der Waals surface area contributed by atoms with E-state index in [0.717, 1.165) is 28.1 Å². The number of anilines is 1.